The Bertz CT molecular complexity index is 1130. The zero-order valence-electron chi connectivity index (χ0n) is 17.4. The van der Waals surface area contributed by atoms with Gasteiger partial charge < -0.3 is 9.47 Å². The number of hydrogen-bond donors (Lipinski definition) is 0. The lowest BCUT2D eigenvalue weighted by molar-refractivity contribution is 0.102. The van der Waals surface area contributed by atoms with E-state index in [0.29, 0.717) is 27.8 Å². The smallest absolute Gasteiger partial charge is 0.173 e. The summed E-state index contributed by atoms with van der Waals surface area (Å²) in [6.45, 7) is 0. The lowest BCUT2D eigenvalue weighted by atomic mass is 10.00. The van der Waals surface area contributed by atoms with Crippen molar-refractivity contribution in [3.8, 4) is 28.7 Å². The van der Waals surface area contributed by atoms with E-state index in [0.717, 1.165) is 35.4 Å². The number of hydrogen-bond acceptors (Lipinski definition) is 6. The normalized spacial score (nSPS) is 12.8. The number of pyridine rings is 1. The number of carbonyl (C=O) groups is 1. The van der Waals surface area contributed by atoms with Gasteiger partial charge in [-0.1, -0.05) is 23.9 Å². The molecule has 5 nitrogen and oxygen atoms in total. The maximum absolute atomic E-state index is 12.7. The number of rotatable bonds is 8. The molecule has 0 saturated heterocycles. The molecule has 2 aromatic carbocycles. The van der Waals surface area contributed by atoms with E-state index in [1.54, 1.807) is 38.5 Å². The van der Waals surface area contributed by atoms with E-state index >= 15 is 0 Å². The van der Waals surface area contributed by atoms with Gasteiger partial charge in [-0.3, -0.25) is 4.79 Å². The summed E-state index contributed by atoms with van der Waals surface area (Å²) in [6.07, 6.45) is 2.21. The highest BCUT2D eigenvalue weighted by Crippen LogP contribution is 2.42. The first-order chi connectivity index (χ1) is 15.1. The summed E-state index contributed by atoms with van der Waals surface area (Å²) in [5.74, 6) is 2.10. The van der Waals surface area contributed by atoms with Crippen molar-refractivity contribution < 1.29 is 14.3 Å². The molecular weight excluding hydrogens is 408 g/mol. The molecule has 4 rings (SSSR count). The highest BCUT2D eigenvalue weighted by atomic mass is 32.2. The fraction of sp³-hybridized carbons (Fsp3) is 0.240. The van der Waals surface area contributed by atoms with E-state index in [1.807, 2.05) is 30.3 Å². The standard InChI is InChI=1S/C25H22N2O3S/c1-29-19-9-5-16(6-10-19)21-13-23(17-3-4-17)27-25(22(21)14-26)31-15-24(28)18-7-11-20(30-2)12-8-18/h5-13,17H,3-4,15H2,1-2H3. The van der Waals surface area contributed by atoms with Gasteiger partial charge in [0.15, 0.2) is 5.78 Å². The van der Waals surface area contributed by atoms with Crippen molar-refractivity contribution in [3.05, 3.63) is 71.4 Å². The van der Waals surface area contributed by atoms with Crippen LogP contribution in [0.5, 0.6) is 11.5 Å². The molecule has 1 heterocycles. The molecule has 1 aromatic heterocycles. The average Bonchev–Trinajstić information content (AvgIpc) is 3.67. The van der Waals surface area contributed by atoms with Crippen LogP contribution in [0.15, 0.2) is 59.6 Å². The summed E-state index contributed by atoms with van der Waals surface area (Å²) in [5.41, 5.74) is 3.89. The number of ether oxygens (including phenoxy) is 2. The second-order valence-electron chi connectivity index (χ2n) is 7.33. The first kappa shape index (κ1) is 21.0. The zero-order chi connectivity index (χ0) is 21.8. The Morgan fingerprint density at radius 3 is 2.23 bits per heavy atom. The maximum Gasteiger partial charge on any atom is 0.173 e. The van der Waals surface area contributed by atoms with Crippen molar-refractivity contribution in [2.24, 2.45) is 0 Å². The number of Topliss-reactive ketones (excluding diaryl/α,β-unsaturated/α-hetero) is 1. The molecule has 1 saturated carbocycles. The van der Waals surface area contributed by atoms with Crippen molar-refractivity contribution >= 4 is 17.5 Å². The molecule has 1 aliphatic carbocycles. The number of thioether (sulfide) groups is 1. The molecule has 0 N–H and O–H groups in total. The molecule has 0 radical (unpaired) electrons. The Morgan fingerprint density at radius 1 is 1.06 bits per heavy atom. The predicted molar refractivity (Wildman–Crippen MR) is 121 cm³/mol. The van der Waals surface area contributed by atoms with E-state index in [-0.39, 0.29) is 11.5 Å². The molecule has 0 spiro atoms. The van der Waals surface area contributed by atoms with Crippen LogP contribution >= 0.6 is 11.8 Å². The fourth-order valence-electron chi connectivity index (χ4n) is 3.33. The van der Waals surface area contributed by atoms with Crippen molar-refractivity contribution in [3.63, 3.8) is 0 Å². The highest BCUT2D eigenvalue weighted by molar-refractivity contribution is 8.00. The molecule has 1 aliphatic rings. The van der Waals surface area contributed by atoms with E-state index in [4.69, 9.17) is 14.5 Å². The topological polar surface area (TPSA) is 72.2 Å². The van der Waals surface area contributed by atoms with Gasteiger partial charge in [0.1, 0.15) is 22.6 Å². The van der Waals surface area contributed by atoms with Crippen LogP contribution in [0.25, 0.3) is 11.1 Å². The van der Waals surface area contributed by atoms with Crippen LogP contribution in [0, 0.1) is 11.3 Å². The monoisotopic (exact) mass is 430 g/mol. The number of nitriles is 1. The number of nitrogens with zero attached hydrogens (tertiary/aromatic N) is 2. The molecule has 1 fully saturated rings. The minimum absolute atomic E-state index is 0.0128. The van der Waals surface area contributed by atoms with Gasteiger partial charge in [0.2, 0.25) is 0 Å². The van der Waals surface area contributed by atoms with Crippen molar-refractivity contribution in [1.82, 2.24) is 4.98 Å². The number of aromatic nitrogens is 1. The molecular formula is C25H22N2O3S. The van der Waals surface area contributed by atoms with Crippen LogP contribution in [0.2, 0.25) is 0 Å². The quantitative estimate of drug-likeness (QED) is 0.348. The number of carbonyl (C=O) groups excluding carboxylic acids is 1. The van der Waals surface area contributed by atoms with Crippen LogP contribution in [0.3, 0.4) is 0 Å². The van der Waals surface area contributed by atoms with Gasteiger partial charge >= 0.3 is 0 Å². The second-order valence-corrected chi connectivity index (χ2v) is 8.29. The Hall–Kier alpha value is -3.30. The summed E-state index contributed by atoms with van der Waals surface area (Å²) in [7, 11) is 3.22. The summed E-state index contributed by atoms with van der Waals surface area (Å²) >= 11 is 1.32. The number of benzene rings is 2. The van der Waals surface area contributed by atoms with Crippen LogP contribution < -0.4 is 9.47 Å². The average molecular weight is 431 g/mol. The molecule has 156 valence electrons. The van der Waals surface area contributed by atoms with Gasteiger partial charge in [-0.25, -0.2) is 4.98 Å². The maximum atomic E-state index is 12.7. The molecule has 0 aliphatic heterocycles. The third-order valence-electron chi connectivity index (χ3n) is 5.27. The third-order valence-corrected chi connectivity index (χ3v) is 6.24. The minimum atomic E-state index is -0.0128. The first-order valence-electron chi connectivity index (χ1n) is 10.0. The van der Waals surface area contributed by atoms with E-state index in [2.05, 4.69) is 6.07 Å². The van der Waals surface area contributed by atoms with E-state index in [1.165, 1.54) is 11.8 Å². The highest BCUT2D eigenvalue weighted by Gasteiger charge is 2.28. The molecule has 0 unspecified atom stereocenters. The first-order valence-corrected chi connectivity index (χ1v) is 11.0. The molecule has 0 atom stereocenters. The SMILES string of the molecule is COc1ccc(C(=O)CSc2nc(C3CC3)cc(-c3ccc(OC)cc3)c2C#N)cc1. The van der Waals surface area contributed by atoms with Crippen LogP contribution in [-0.2, 0) is 0 Å². The summed E-state index contributed by atoms with van der Waals surface area (Å²) < 4.78 is 10.4. The molecule has 0 amide bonds. The predicted octanol–water partition coefficient (Wildman–Crippen LogP) is 5.49. The molecule has 3 aromatic rings. The van der Waals surface area contributed by atoms with Gasteiger partial charge in [0, 0.05) is 22.7 Å². The van der Waals surface area contributed by atoms with Gasteiger partial charge in [-0.05, 0) is 60.9 Å². The van der Waals surface area contributed by atoms with Crippen LogP contribution in [0.4, 0.5) is 0 Å². The zero-order valence-corrected chi connectivity index (χ0v) is 18.2. The Kier molecular flexibility index (Phi) is 6.24. The Balaban J connectivity index is 1.63. The van der Waals surface area contributed by atoms with Gasteiger partial charge in [-0.2, -0.15) is 5.26 Å². The third kappa shape index (κ3) is 4.73. The lowest BCUT2D eigenvalue weighted by Gasteiger charge is -2.12. The molecule has 6 heteroatoms. The van der Waals surface area contributed by atoms with Crippen molar-refractivity contribution in [1.29, 1.82) is 5.26 Å². The van der Waals surface area contributed by atoms with Crippen molar-refractivity contribution in [2.75, 3.05) is 20.0 Å². The minimum Gasteiger partial charge on any atom is -0.497 e. The Labute approximate surface area is 186 Å². The van der Waals surface area contributed by atoms with Crippen LogP contribution in [0.1, 0.15) is 40.4 Å². The van der Waals surface area contributed by atoms with Gasteiger partial charge in [0.25, 0.3) is 0 Å². The van der Waals surface area contributed by atoms with Gasteiger partial charge in [0.05, 0.1) is 25.5 Å². The Morgan fingerprint density at radius 2 is 1.68 bits per heavy atom. The van der Waals surface area contributed by atoms with Crippen molar-refractivity contribution in [2.45, 2.75) is 23.8 Å². The van der Waals surface area contributed by atoms with E-state index < -0.39 is 0 Å². The summed E-state index contributed by atoms with van der Waals surface area (Å²) in [5, 5.41) is 10.5. The molecule has 31 heavy (non-hydrogen) atoms. The van der Waals surface area contributed by atoms with Crippen LogP contribution in [-0.4, -0.2) is 30.7 Å². The summed E-state index contributed by atoms with van der Waals surface area (Å²) in [4.78, 5) is 17.4. The van der Waals surface area contributed by atoms with E-state index in [9.17, 15) is 10.1 Å². The summed E-state index contributed by atoms with van der Waals surface area (Å²) in [6, 6.07) is 19.0. The largest absolute Gasteiger partial charge is 0.497 e. The fourth-order valence-corrected chi connectivity index (χ4v) is 4.24. The lowest BCUT2D eigenvalue weighted by Crippen LogP contribution is -2.04. The van der Waals surface area contributed by atoms with Gasteiger partial charge in [-0.15, -0.1) is 0 Å². The second kappa shape index (κ2) is 9.23. The number of methoxy groups -OCH3 is 2. The molecule has 0 bridgehead atoms. The number of ketones is 1.